The van der Waals surface area contributed by atoms with Crippen LogP contribution in [0.25, 0.3) is 0 Å². The highest BCUT2D eigenvalue weighted by Gasteiger charge is 2.31. The van der Waals surface area contributed by atoms with E-state index in [1.165, 1.54) is 28.6 Å². The van der Waals surface area contributed by atoms with Crippen LogP contribution in [0.3, 0.4) is 0 Å². The monoisotopic (exact) mass is 566 g/mol. The maximum absolute atomic E-state index is 13.5. The van der Waals surface area contributed by atoms with Gasteiger partial charge in [0, 0.05) is 33.4 Å². The lowest BCUT2D eigenvalue weighted by molar-refractivity contribution is 0.0730. The number of rotatable bonds is 6. The molecule has 6 nitrogen and oxygen atoms in total. The van der Waals surface area contributed by atoms with Crippen molar-refractivity contribution in [2.75, 3.05) is 26.3 Å². The van der Waals surface area contributed by atoms with Gasteiger partial charge in [-0.1, -0.05) is 54.4 Å². The first-order chi connectivity index (χ1) is 16.3. The van der Waals surface area contributed by atoms with Gasteiger partial charge in [0.1, 0.15) is 0 Å². The molecular formula is C25H31BrN2O4S2. The van der Waals surface area contributed by atoms with E-state index in [9.17, 15) is 13.2 Å². The third-order valence-electron chi connectivity index (χ3n) is 6.87. The molecular weight excluding hydrogens is 536 g/mol. The number of amides is 1. The first-order valence-corrected chi connectivity index (χ1v) is 14.8. The zero-order valence-corrected chi connectivity index (χ0v) is 22.7. The number of ether oxygens (including phenoxy) is 1. The van der Waals surface area contributed by atoms with E-state index >= 15 is 0 Å². The predicted molar refractivity (Wildman–Crippen MR) is 138 cm³/mol. The average molecular weight is 568 g/mol. The van der Waals surface area contributed by atoms with Gasteiger partial charge in [-0.15, -0.1) is 0 Å². The average Bonchev–Trinajstić information content (AvgIpc) is 2.84. The van der Waals surface area contributed by atoms with Gasteiger partial charge in [0.15, 0.2) is 0 Å². The lowest BCUT2D eigenvalue weighted by Gasteiger charge is -2.34. The molecule has 1 amide bonds. The highest BCUT2D eigenvalue weighted by Crippen LogP contribution is 2.34. The van der Waals surface area contributed by atoms with Crippen LogP contribution in [0.1, 0.15) is 43.5 Å². The summed E-state index contributed by atoms with van der Waals surface area (Å²) in [5.41, 5.74) is 0.396. The number of nitrogens with one attached hydrogen (secondary N) is 1. The molecule has 1 heterocycles. The van der Waals surface area contributed by atoms with Gasteiger partial charge in [0.25, 0.3) is 5.91 Å². The third-order valence-corrected chi connectivity index (χ3v) is 10.4. The topological polar surface area (TPSA) is 75.7 Å². The lowest BCUT2D eigenvalue weighted by Crippen LogP contribution is -2.44. The summed E-state index contributed by atoms with van der Waals surface area (Å²) in [7, 11) is -3.71. The Labute approximate surface area is 215 Å². The molecule has 184 valence electrons. The second-order valence-corrected chi connectivity index (χ2v) is 13.0. The molecule has 1 aliphatic carbocycles. The largest absolute Gasteiger partial charge is 0.379 e. The number of morpholine rings is 1. The summed E-state index contributed by atoms with van der Waals surface area (Å²) in [6.07, 6.45) is 3.20. The molecule has 1 saturated heterocycles. The minimum Gasteiger partial charge on any atom is -0.379 e. The molecule has 1 saturated carbocycles. The summed E-state index contributed by atoms with van der Waals surface area (Å²) in [6, 6.07) is 12.8. The first-order valence-electron chi connectivity index (χ1n) is 11.7. The first kappa shape index (κ1) is 25.7. The maximum atomic E-state index is 13.5. The summed E-state index contributed by atoms with van der Waals surface area (Å²) in [4.78, 5) is 15.4. The molecule has 1 N–H and O–H groups in total. The molecule has 0 bridgehead atoms. The van der Waals surface area contributed by atoms with Crippen LogP contribution in [0.5, 0.6) is 0 Å². The summed E-state index contributed by atoms with van der Waals surface area (Å²) >= 11 is 4.91. The van der Waals surface area contributed by atoms with Gasteiger partial charge in [0.05, 0.1) is 23.7 Å². The van der Waals surface area contributed by atoms with Crippen molar-refractivity contribution in [1.29, 1.82) is 0 Å². The summed E-state index contributed by atoms with van der Waals surface area (Å²) in [5, 5.41) is 3.22. The number of carbonyl (C=O) groups is 1. The van der Waals surface area contributed by atoms with Gasteiger partial charge in [-0.3, -0.25) is 4.79 Å². The second kappa shape index (κ2) is 11.1. The van der Waals surface area contributed by atoms with Gasteiger partial charge < -0.3 is 10.1 Å². The van der Waals surface area contributed by atoms with Crippen molar-refractivity contribution >= 4 is 43.6 Å². The molecule has 34 heavy (non-hydrogen) atoms. The lowest BCUT2D eigenvalue weighted by atomic mass is 9.78. The van der Waals surface area contributed by atoms with Crippen LogP contribution in [0.4, 0.5) is 0 Å². The van der Waals surface area contributed by atoms with E-state index in [0.717, 1.165) is 27.1 Å². The molecule has 1 aliphatic heterocycles. The molecule has 2 aliphatic rings. The summed E-state index contributed by atoms with van der Waals surface area (Å²) in [5.74, 6) is 0.703. The van der Waals surface area contributed by atoms with Crippen molar-refractivity contribution in [2.24, 2.45) is 11.8 Å². The Morgan fingerprint density at radius 3 is 2.50 bits per heavy atom. The van der Waals surface area contributed by atoms with E-state index in [2.05, 4.69) is 35.1 Å². The number of nitrogens with zero attached hydrogens (tertiary/aromatic N) is 1. The van der Waals surface area contributed by atoms with Gasteiger partial charge >= 0.3 is 0 Å². The van der Waals surface area contributed by atoms with Crippen LogP contribution in [0.15, 0.2) is 61.6 Å². The molecule has 2 fully saturated rings. The Balaban J connectivity index is 1.66. The minimum absolute atomic E-state index is 0.0845. The number of halogens is 1. The molecule has 0 spiro atoms. The Hall–Kier alpha value is -1.39. The van der Waals surface area contributed by atoms with Crippen LogP contribution in [0, 0.1) is 11.8 Å². The molecule has 3 atom stereocenters. The van der Waals surface area contributed by atoms with E-state index < -0.39 is 10.0 Å². The van der Waals surface area contributed by atoms with Crippen molar-refractivity contribution in [1.82, 2.24) is 9.62 Å². The molecule has 0 radical (unpaired) electrons. The van der Waals surface area contributed by atoms with Crippen molar-refractivity contribution in [3.63, 3.8) is 0 Å². The Bertz CT molecular complexity index is 1120. The normalized spacial score (nSPS) is 24.0. The SMILES string of the molecule is C[C@H]1[C@H](C)CCC[C@@H]1NC(=O)c1cc(S(=O)(=O)N2CCOCC2)ccc1Sc1ccc(Br)cc1. The van der Waals surface area contributed by atoms with Crippen LogP contribution in [-0.2, 0) is 14.8 Å². The van der Waals surface area contributed by atoms with Crippen LogP contribution in [0.2, 0.25) is 0 Å². The molecule has 2 aromatic rings. The smallest absolute Gasteiger partial charge is 0.252 e. The zero-order valence-electron chi connectivity index (χ0n) is 19.5. The third kappa shape index (κ3) is 5.87. The minimum atomic E-state index is -3.71. The van der Waals surface area contributed by atoms with E-state index in [1.807, 2.05) is 24.3 Å². The van der Waals surface area contributed by atoms with Crippen molar-refractivity contribution in [2.45, 2.75) is 53.8 Å². The fourth-order valence-electron chi connectivity index (χ4n) is 4.53. The highest BCUT2D eigenvalue weighted by molar-refractivity contribution is 9.10. The molecule has 2 aromatic carbocycles. The Kier molecular flexibility index (Phi) is 8.40. The molecule has 9 heteroatoms. The Morgan fingerprint density at radius 1 is 1.09 bits per heavy atom. The highest BCUT2D eigenvalue weighted by atomic mass is 79.9. The van der Waals surface area contributed by atoms with Crippen molar-refractivity contribution in [3.8, 4) is 0 Å². The summed E-state index contributed by atoms with van der Waals surface area (Å²) in [6.45, 7) is 5.80. The van der Waals surface area contributed by atoms with Crippen LogP contribution in [-0.4, -0.2) is 51.0 Å². The number of carbonyl (C=O) groups excluding carboxylic acids is 1. The van der Waals surface area contributed by atoms with Gasteiger partial charge in [0.2, 0.25) is 10.0 Å². The van der Waals surface area contributed by atoms with Crippen molar-refractivity contribution < 1.29 is 17.9 Å². The fourth-order valence-corrected chi connectivity index (χ4v) is 7.16. The second-order valence-electron chi connectivity index (χ2n) is 9.08. The quantitative estimate of drug-likeness (QED) is 0.521. The van der Waals surface area contributed by atoms with E-state index in [0.29, 0.717) is 43.7 Å². The van der Waals surface area contributed by atoms with Crippen LogP contribution >= 0.6 is 27.7 Å². The van der Waals surface area contributed by atoms with E-state index in [1.54, 1.807) is 12.1 Å². The van der Waals surface area contributed by atoms with Gasteiger partial charge in [-0.25, -0.2) is 8.42 Å². The maximum Gasteiger partial charge on any atom is 0.252 e. The standard InChI is InChI=1S/C25H31BrN2O4S2/c1-17-4-3-5-23(18(17)2)27-25(29)22-16-21(34(30,31)28-12-14-32-15-13-28)10-11-24(22)33-20-8-6-19(26)7-9-20/h6-11,16-18,23H,3-5,12-15H2,1-2H3,(H,27,29)/t17-,18+,23+/m1/s1. The van der Waals surface area contributed by atoms with Crippen LogP contribution < -0.4 is 5.32 Å². The number of benzene rings is 2. The van der Waals surface area contributed by atoms with E-state index in [4.69, 9.17) is 4.74 Å². The number of hydrogen-bond acceptors (Lipinski definition) is 5. The Morgan fingerprint density at radius 2 is 1.79 bits per heavy atom. The number of sulfonamides is 1. The molecule has 0 unspecified atom stereocenters. The zero-order chi connectivity index (χ0) is 24.3. The fraction of sp³-hybridized carbons (Fsp3) is 0.480. The molecule has 0 aromatic heterocycles. The number of hydrogen-bond donors (Lipinski definition) is 1. The predicted octanol–water partition coefficient (Wildman–Crippen LogP) is 5.18. The van der Waals surface area contributed by atoms with Gasteiger partial charge in [-0.05, 0) is 60.7 Å². The van der Waals surface area contributed by atoms with Crippen molar-refractivity contribution in [3.05, 3.63) is 52.5 Å². The summed E-state index contributed by atoms with van der Waals surface area (Å²) < 4.78 is 34.3. The van der Waals surface area contributed by atoms with E-state index in [-0.39, 0.29) is 16.8 Å². The van der Waals surface area contributed by atoms with Gasteiger partial charge in [-0.2, -0.15) is 4.31 Å². The molecule has 4 rings (SSSR count).